The van der Waals surface area contributed by atoms with Crippen LogP contribution in [-0.4, -0.2) is 29.0 Å². The van der Waals surface area contributed by atoms with Gasteiger partial charge in [0.05, 0.1) is 0 Å². The van der Waals surface area contributed by atoms with Gasteiger partial charge in [-0.05, 0) is 25.0 Å². The number of anilines is 1. The first-order chi connectivity index (χ1) is 8.66. The first kappa shape index (κ1) is 12.8. The molecule has 2 rings (SSSR count). The zero-order valence-corrected chi connectivity index (χ0v) is 10.8. The van der Waals surface area contributed by atoms with Gasteiger partial charge < -0.3 is 16.4 Å². The lowest BCUT2D eigenvalue weighted by molar-refractivity contribution is -0.122. The monoisotopic (exact) mass is 264 g/mol. The molecule has 1 fully saturated rings. The Bertz CT molecular complexity index is 459. The Morgan fingerprint density at radius 2 is 2.28 bits per heavy atom. The molecule has 0 radical (unpaired) electrons. The van der Waals surface area contributed by atoms with Gasteiger partial charge in [-0.1, -0.05) is 12.2 Å². The van der Waals surface area contributed by atoms with E-state index < -0.39 is 0 Å². The largest absolute Gasteiger partial charge is 0.389 e. The van der Waals surface area contributed by atoms with Crippen LogP contribution in [0.2, 0.25) is 0 Å². The number of thiocarbonyl (C=S) groups is 1. The molecule has 0 aliphatic heterocycles. The number of amides is 1. The van der Waals surface area contributed by atoms with Gasteiger partial charge in [-0.25, -0.2) is 4.98 Å². The van der Waals surface area contributed by atoms with Crippen molar-refractivity contribution in [1.29, 1.82) is 0 Å². The first-order valence-electron chi connectivity index (χ1n) is 5.94. The molecular weight excluding hydrogens is 248 g/mol. The molecule has 1 saturated carbocycles. The number of nitrogens with zero attached hydrogens (tertiary/aromatic N) is 1. The summed E-state index contributed by atoms with van der Waals surface area (Å²) in [5.41, 5.74) is 6.32. The van der Waals surface area contributed by atoms with E-state index in [4.69, 9.17) is 18.0 Å². The van der Waals surface area contributed by atoms with Gasteiger partial charge in [0.25, 0.3) is 0 Å². The Morgan fingerprint density at radius 1 is 1.50 bits per heavy atom. The molecule has 96 valence electrons. The van der Waals surface area contributed by atoms with Gasteiger partial charge in [0, 0.05) is 30.8 Å². The van der Waals surface area contributed by atoms with Crippen molar-refractivity contribution in [1.82, 2.24) is 10.3 Å². The van der Waals surface area contributed by atoms with E-state index in [0.29, 0.717) is 23.9 Å². The van der Waals surface area contributed by atoms with Crippen LogP contribution in [0, 0.1) is 5.92 Å². The zero-order valence-electron chi connectivity index (χ0n) is 9.98. The van der Waals surface area contributed by atoms with Crippen LogP contribution in [0.25, 0.3) is 0 Å². The van der Waals surface area contributed by atoms with E-state index in [0.717, 1.165) is 18.4 Å². The summed E-state index contributed by atoms with van der Waals surface area (Å²) in [7, 11) is 0. The fourth-order valence-corrected chi connectivity index (χ4v) is 1.67. The van der Waals surface area contributed by atoms with Crippen molar-refractivity contribution >= 4 is 28.9 Å². The summed E-state index contributed by atoms with van der Waals surface area (Å²) >= 11 is 4.89. The van der Waals surface area contributed by atoms with E-state index in [2.05, 4.69) is 15.6 Å². The lowest BCUT2D eigenvalue weighted by Gasteiger charge is -2.07. The molecule has 0 atom stereocenters. The van der Waals surface area contributed by atoms with E-state index in [9.17, 15) is 4.79 Å². The van der Waals surface area contributed by atoms with E-state index >= 15 is 0 Å². The summed E-state index contributed by atoms with van der Waals surface area (Å²) in [6.45, 7) is 1.22. The topological polar surface area (TPSA) is 80.0 Å². The highest BCUT2D eigenvalue weighted by molar-refractivity contribution is 7.80. The maximum atomic E-state index is 11.4. The molecule has 0 saturated heterocycles. The summed E-state index contributed by atoms with van der Waals surface area (Å²) < 4.78 is 0. The van der Waals surface area contributed by atoms with Crippen molar-refractivity contribution in [2.45, 2.75) is 12.8 Å². The molecule has 1 heterocycles. The van der Waals surface area contributed by atoms with Gasteiger partial charge in [0.15, 0.2) is 0 Å². The van der Waals surface area contributed by atoms with Crippen molar-refractivity contribution < 1.29 is 4.79 Å². The quantitative estimate of drug-likeness (QED) is 0.519. The van der Waals surface area contributed by atoms with Crippen LogP contribution in [0.15, 0.2) is 18.3 Å². The SMILES string of the molecule is NC(=S)c1ccnc(NCCNC(=O)C2CC2)c1. The molecule has 1 aromatic rings. The minimum atomic E-state index is 0.154. The number of nitrogens with two attached hydrogens (primary N) is 1. The molecule has 1 aromatic heterocycles. The van der Waals surface area contributed by atoms with Gasteiger partial charge in [0.2, 0.25) is 5.91 Å². The molecular formula is C12H16N4OS. The number of rotatable bonds is 6. The summed E-state index contributed by atoms with van der Waals surface area (Å²) in [6, 6.07) is 3.56. The number of pyridine rings is 1. The average molecular weight is 264 g/mol. The third-order valence-electron chi connectivity index (χ3n) is 2.72. The van der Waals surface area contributed by atoms with Gasteiger partial charge in [0.1, 0.15) is 10.8 Å². The van der Waals surface area contributed by atoms with Crippen LogP contribution >= 0.6 is 12.2 Å². The number of hydrogen-bond acceptors (Lipinski definition) is 4. The Labute approximate surface area is 111 Å². The standard InChI is InChI=1S/C12H16N4OS/c13-11(18)9-3-4-14-10(7-9)15-5-6-16-12(17)8-1-2-8/h3-4,7-8H,1-2,5-6H2,(H2,13,18)(H,14,15)(H,16,17). The highest BCUT2D eigenvalue weighted by Gasteiger charge is 2.28. The smallest absolute Gasteiger partial charge is 0.223 e. The molecule has 0 spiro atoms. The molecule has 5 nitrogen and oxygen atoms in total. The highest BCUT2D eigenvalue weighted by atomic mass is 32.1. The van der Waals surface area contributed by atoms with E-state index in [1.165, 1.54) is 0 Å². The van der Waals surface area contributed by atoms with Crippen molar-refractivity contribution in [2.24, 2.45) is 11.7 Å². The zero-order chi connectivity index (χ0) is 13.0. The van der Waals surface area contributed by atoms with Crippen LogP contribution < -0.4 is 16.4 Å². The number of hydrogen-bond donors (Lipinski definition) is 3. The number of carbonyl (C=O) groups excluding carboxylic acids is 1. The Balaban J connectivity index is 1.74. The Morgan fingerprint density at radius 3 is 2.94 bits per heavy atom. The van der Waals surface area contributed by atoms with E-state index in [1.807, 2.05) is 0 Å². The summed E-state index contributed by atoms with van der Waals surface area (Å²) in [4.78, 5) is 15.9. The summed E-state index contributed by atoms with van der Waals surface area (Å²) in [5, 5.41) is 5.99. The summed E-state index contributed by atoms with van der Waals surface area (Å²) in [5.74, 6) is 1.11. The fourth-order valence-electron chi connectivity index (χ4n) is 1.55. The predicted octanol–water partition coefficient (Wildman–Crippen LogP) is 0.654. The van der Waals surface area contributed by atoms with Gasteiger partial charge in [-0.3, -0.25) is 4.79 Å². The minimum absolute atomic E-state index is 0.154. The molecule has 0 bridgehead atoms. The Hall–Kier alpha value is -1.69. The molecule has 1 aliphatic carbocycles. The number of carbonyl (C=O) groups is 1. The second-order valence-electron chi connectivity index (χ2n) is 4.29. The molecule has 18 heavy (non-hydrogen) atoms. The normalized spacial score (nSPS) is 14.0. The molecule has 1 aliphatic rings. The third kappa shape index (κ3) is 3.66. The van der Waals surface area contributed by atoms with Gasteiger partial charge >= 0.3 is 0 Å². The van der Waals surface area contributed by atoms with Gasteiger partial charge in [-0.15, -0.1) is 0 Å². The highest BCUT2D eigenvalue weighted by Crippen LogP contribution is 2.28. The molecule has 6 heteroatoms. The van der Waals surface area contributed by atoms with Crippen molar-refractivity contribution in [3.05, 3.63) is 23.9 Å². The lowest BCUT2D eigenvalue weighted by atomic mass is 10.2. The predicted molar refractivity (Wildman–Crippen MR) is 74.3 cm³/mol. The van der Waals surface area contributed by atoms with Crippen LogP contribution in [0.3, 0.4) is 0 Å². The van der Waals surface area contributed by atoms with Gasteiger partial charge in [-0.2, -0.15) is 0 Å². The van der Waals surface area contributed by atoms with E-state index in [-0.39, 0.29) is 11.8 Å². The average Bonchev–Trinajstić information content (AvgIpc) is 3.19. The second-order valence-corrected chi connectivity index (χ2v) is 4.73. The van der Waals surface area contributed by atoms with Crippen molar-refractivity contribution in [3.63, 3.8) is 0 Å². The maximum Gasteiger partial charge on any atom is 0.223 e. The third-order valence-corrected chi connectivity index (χ3v) is 2.96. The van der Waals surface area contributed by atoms with Crippen LogP contribution in [0.4, 0.5) is 5.82 Å². The number of aromatic nitrogens is 1. The van der Waals surface area contributed by atoms with Crippen LogP contribution in [0.1, 0.15) is 18.4 Å². The summed E-state index contributed by atoms with van der Waals surface area (Å²) in [6.07, 6.45) is 3.70. The molecule has 1 amide bonds. The fraction of sp³-hybridized carbons (Fsp3) is 0.417. The molecule has 4 N–H and O–H groups in total. The number of nitrogens with one attached hydrogen (secondary N) is 2. The Kier molecular flexibility index (Phi) is 4.09. The molecule has 0 aromatic carbocycles. The van der Waals surface area contributed by atoms with Crippen molar-refractivity contribution in [3.8, 4) is 0 Å². The van der Waals surface area contributed by atoms with Crippen LogP contribution in [0.5, 0.6) is 0 Å². The molecule has 0 unspecified atom stereocenters. The maximum absolute atomic E-state index is 11.4. The van der Waals surface area contributed by atoms with E-state index in [1.54, 1.807) is 18.3 Å². The lowest BCUT2D eigenvalue weighted by Crippen LogP contribution is -2.30. The minimum Gasteiger partial charge on any atom is -0.389 e. The van der Waals surface area contributed by atoms with Crippen LogP contribution in [-0.2, 0) is 4.79 Å². The van der Waals surface area contributed by atoms with Crippen molar-refractivity contribution in [2.75, 3.05) is 18.4 Å². The first-order valence-corrected chi connectivity index (χ1v) is 6.35. The second kappa shape index (κ2) is 5.77.